The van der Waals surface area contributed by atoms with Crippen molar-refractivity contribution in [2.24, 2.45) is 7.05 Å². The monoisotopic (exact) mass is 331 g/mol. The Balaban J connectivity index is 1.86. The van der Waals surface area contributed by atoms with Gasteiger partial charge in [0.1, 0.15) is 11.2 Å². The highest BCUT2D eigenvalue weighted by molar-refractivity contribution is 5.98. The van der Waals surface area contributed by atoms with Gasteiger partial charge in [-0.25, -0.2) is 4.79 Å². The Morgan fingerprint density at radius 2 is 2.12 bits per heavy atom. The van der Waals surface area contributed by atoms with Crippen molar-refractivity contribution in [3.8, 4) is 0 Å². The number of methoxy groups -OCH3 is 1. The zero-order valence-corrected chi connectivity index (χ0v) is 13.8. The predicted octanol–water partition coefficient (Wildman–Crippen LogP) is 0.726. The Labute approximate surface area is 139 Å². The summed E-state index contributed by atoms with van der Waals surface area (Å²) in [4.78, 5) is 24.7. The second-order valence-corrected chi connectivity index (χ2v) is 5.90. The van der Waals surface area contributed by atoms with E-state index in [9.17, 15) is 9.59 Å². The molecule has 0 radical (unpaired) electrons. The molecule has 0 saturated carbocycles. The number of rotatable bonds is 4. The van der Waals surface area contributed by atoms with Gasteiger partial charge >= 0.3 is 5.97 Å². The van der Waals surface area contributed by atoms with E-state index in [1.807, 2.05) is 12.3 Å². The lowest BCUT2D eigenvalue weighted by Gasteiger charge is -2.36. The van der Waals surface area contributed by atoms with Crippen LogP contribution in [0.4, 0.5) is 5.69 Å². The van der Waals surface area contributed by atoms with Crippen molar-refractivity contribution in [3.05, 3.63) is 36.4 Å². The molecule has 8 heteroatoms. The normalized spacial score (nSPS) is 16.6. The maximum atomic E-state index is 13.0. The Hall–Kier alpha value is -2.61. The largest absolute Gasteiger partial charge is 0.464 e. The van der Waals surface area contributed by atoms with Crippen molar-refractivity contribution in [3.63, 3.8) is 0 Å². The van der Waals surface area contributed by atoms with E-state index in [1.54, 1.807) is 34.8 Å². The van der Waals surface area contributed by atoms with Crippen molar-refractivity contribution in [2.75, 3.05) is 25.5 Å². The topological polar surface area (TPSA) is 90.2 Å². The van der Waals surface area contributed by atoms with Gasteiger partial charge in [-0.1, -0.05) is 0 Å². The van der Waals surface area contributed by atoms with Gasteiger partial charge in [-0.2, -0.15) is 5.10 Å². The number of esters is 1. The van der Waals surface area contributed by atoms with Crippen molar-refractivity contribution >= 4 is 17.6 Å². The summed E-state index contributed by atoms with van der Waals surface area (Å²) in [6, 6.07) is 3.43. The van der Waals surface area contributed by atoms with Gasteiger partial charge in [-0.05, 0) is 38.1 Å². The summed E-state index contributed by atoms with van der Waals surface area (Å²) in [6.45, 7) is 1.49. The number of ether oxygens (including phenoxy) is 1. The van der Waals surface area contributed by atoms with Gasteiger partial charge in [0.25, 0.3) is 5.91 Å². The van der Waals surface area contributed by atoms with Crippen molar-refractivity contribution in [1.29, 1.82) is 0 Å². The minimum atomic E-state index is -0.726. The summed E-state index contributed by atoms with van der Waals surface area (Å²) < 4.78 is 8.09. The quantitative estimate of drug-likeness (QED) is 0.806. The number of piperidine rings is 1. The molecular formula is C16H21N5O3. The number of carbonyl (C=O) groups is 2. The van der Waals surface area contributed by atoms with Crippen LogP contribution in [-0.4, -0.2) is 46.4 Å². The van der Waals surface area contributed by atoms with Crippen LogP contribution in [0.5, 0.6) is 0 Å². The highest BCUT2D eigenvalue weighted by Crippen LogP contribution is 2.29. The van der Waals surface area contributed by atoms with Crippen LogP contribution in [0.2, 0.25) is 0 Å². The highest BCUT2D eigenvalue weighted by atomic mass is 16.5. The number of anilines is 1. The number of nitrogens with one attached hydrogen (secondary N) is 2. The van der Waals surface area contributed by atoms with Gasteiger partial charge in [-0.3, -0.25) is 9.48 Å². The molecule has 3 rings (SSSR count). The van der Waals surface area contributed by atoms with Gasteiger partial charge in [0.2, 0.25) is 0 Å². The number of nitrogens with zero attached hydrogens (tertiary/aromatic N) is 3. The second-order valence-electron chi connectivity index (χ2n) is 5.90. The average molecular weight is 331 g/mol. The minimum absolute atomic E-state index is 0.130. The van der Waals surface area contributed by atoms with Gasteiger partial charge < -0.3 is 19.9 Å². The molecule has 3 heterocycles. The van der Waals surface area contributed by atoms with Gasteiger partial charge in [0.05, 0.1) is 12.8 Å². The Bertz CT molecular complexity index is 729. The second kappa shape index (κ2) is 6.48. The van der Waals surface area contributed by atoms with Crippen LogP contribution in [-0.2, 0) is 22.1 Å². The first-order valence-electron chi connectivity index (χ1n) is 7.84. The van der Waals surface area contributed by atoms with E-state index in [0.29, 0.717) is 24.2 Å². The molecule has 128 valence electrons. The molecule has 24 heavy (non-hydrogen) atoms. The lowest BCUT2D eigenvalue weighted by Crippen LogP contribution is -2.52. The fourth-order valence-corrected chi connectivity index (χ4v) is 3.11. The molecule has 0 spiro atoms. The van der Waals surface area contributed by atoms with Crippen LogP contribution < -0.4 is 10.6 Å². The molecule has 8 nitrogen and oxygen atoms in total. The first-order valence-corrected chi connectivity index (χ1v) is 7.84. The van der Waals surface area contributed by atoms with E-state index in [1.165, 1.54) is 7.11 Å². The fraction of sp³-hybridized carbons (Fsp3) is 0.438. The number of hydrogen-bond donors (Lipinski definition) is 2. The standard InChI is InChI=1S/C16H21N5O3/c1-20-11-12(10-13(20)14(22)24-2)19-15(23)16(4-7-17-8-5-16)21-9-3-6-18-21/h3,6,9-11,17H,4-5,7-8H2,1-2H3,(H,19,23). The number of hydrogen-bond acceptors (Lipinski definition) is 5. The van der Waals surface area contributed by atoms with Crippen LogP contribution in [0.25, 0.3) is 0 Å². The predicted molar refractivity (Wildman–Crippen MR) is 87.7 cm³/mol. The minimum Gasteiger partial charge on any atom is -0.464 e. The molecule has 2 aromatic rings. The molecule has 0 bridgehead atoms. The third-order valence-corrected chi connectivity index (χ3v) is 4.45. The Kier molecular flexibility index (Phi) is 4.39. The van der Waals surface area contributed by atoms with E-state index in [4.69, 9.17) is 4.74 Å². The summed E-state index contributed by atoms with van der Waals surface area (Å²) in [6.07, 6.45) is 6.49. The van der Waals surface area contributed by atoms with Gasteiger partial charge in [-0.15, -0.1) is 0 Å². The SMILES string of the molecule is COC(=O)c1cc(NC(=O)C2(n3cccn3)CCNCC2)cn1C. The number of aryl methyl sites for hydroxylation is 1. The summed E-state index contributed by atoms with van der Waals surface area (Å²) in [5.41, 5.74) is 0.218. The average Bonchev–Trinajstić information content (AvgIpc) is 3.25. The Morgan fingerprint density at radius 1 is 1.38 bits per heavy atom. The molecule has 0 atom stereocenters. The van der Waals surface area contributed by atoms with E-state index >= 15 is 0 Å². The molecule has 0 unspecified atom stereocenters. The molecule has 1 fully saturated rings. The number of aromatic nitrogens is 3. The van der Waals surface area contributed by atoms with Crippen LogP contribution in [0.3, 0.4) is 0 Å². The molecule has 2 N–H and O–H groups in total. The van der Waals surface area contributed by atoms with E-state index in [0.717, 1.165) is 13.1 Å². The van der Waals surface area contributed by atoms with Crippen LogP contribution in [0, 0.1) is 0 Å². The van der Waals surface area contributed by atoms with Crippen LogP contribution in [0.15, 0.2) is 30.7 Å². The smallest absolute Gasteiger partial charge is 0.354 e. The number of carbonyl (C=O) groups excluding carboxylic acids is 2. The van der Waals surface area contributed by atoms with Gasteiger partial charge in [0, 0.05) is 25.6 Å². The molecule has 0 aromatic carbocycles. The molecular weight excluding hydrogens is 310 g/mol. The van der Waals surface area contributed by atoms with Crippen LogP contribution >= 0.6 is 0 Å². The molecule has 0 aliphatic carbocycles. The molecule has 1 aliphatic heterocycles. The van der Waals surface area contributed by atoms with Gasteiger partial charge in [0.15, 0.2) is 0 Å². The zero-order valence-electron chi connectivity index (χ0n) is 13.8. The molecule has 1 amide bonds. The van der Waals surface area contributed by atoms with Crippen LogP contribution in [0.1, 0.15) is 23.3 Å². The number of amides is 1. The molecule has 1 aliphatic rings. The lowest BCUT2D eigenvalue weighted by molar-refractivity contribution is -0.126. The fourth-order valence-electron chi connectivity index (χ4n) is 3.11. The first-order chi connectivity index (χ1) is 11.6. The lowest BCUT2D eigenvalue weighted by atomic mass is 9.87. The summed E-state index contributed by atoms with van der Waals surface area (Å²) in [5.74, 6) is -0.573. The summed E-state index contributed by atoms with van der Waals surface area (Å²) >= 11 is 0. The molecule has 2 aromatic heterocycles. The van der Waals surface area contributed by atoms with E-state index in [2.05, 4.69) is 15.7 Å². The van der Waals surface area contributed by atoms with Crippen molar-refractivity contribution in [2.45, 2.75) is 18.4 Å². The van der Waals surface area contributed by atoms with E-state index in [-0.39, 0.29) is 5.91 Å². The molecule has 1 saturated heterocycles. The third kappa shape index (κ3) is 2.80. The highest BCUT2D eigenvalue weighted by Gasteiger charge is 2.42. The zero-order chi connectivity index (χ0) is 17.2. The summed E-state index contributed by atoms with van der Waals surface area (Å²) in [5, 5.41) is 10.5. The first kappa shape index (κ1) is 16.3. The van der Waals surface area contributed by atoms with Crippen molar-refractivity contribution in [1.82, 2.24) is 19.7 Å². The third-order valence-electron chi connectivity index (χ3n) is 4.45. The van der Waals surface area contributed by atoms with Crippen molar-refractivity contribution < 1.29 is 14.3 Å². The maximum Gasteiger partial charge on any atom is 0.354 e. The Morgan fingerprint density at radius 3 is 2.75 bits per heavy atom. The summed E-state index contributed by atoms with van der Waals surface area (Å²) in [7, 11) is 3.06. The van der Waals surface area contributed by atoms with E-state index < -0.39 is 11.5 Å². The maximum absolute atomic E-state index is 13.0.